The van der Waals surface area contributed by atoms with E-state index in [-0.39, 0.29) is 34.5 Å². The summed E-state index contributed by atoms with van der Waals surface area (Å²) in [6.07, 6.45) is 0.134. The van der Waals surface area contributed by atoms with Gasteiger partial charge >= 0.3 is 0 Å². The van der Waals surface area contributed by atoms with E-state index in [9.17, 15) is 17.6 Å². The molecule has 1 aliphatic rings. The molecule has 28 heavy (non-hydrogen) atoms. The highest BCUT2D eigenvalue weighted by molar-refractivity contribution is 7.92. The number of nitrogens with zero attached hydrogens (tertiary/aromatic N) is 2. The third kappa shape index (κ3) is 3.62. The molecule has 1 aromatic heterocycles. The molecule has 3 N–H and O–H groups in total. The van der Waals surface area contributed by atoms with Crippen LogP contribution in [0.4, 0.5) is 27.4 Å². The number of sulfonamides is 1. The summed E-state index contributed by atoms with van der Waals surface area (Å²) in [7, 11) is -3.90. The SMILES string of the molecule is O=C1Cc2cc(S(=O)(=O)Nc3ccc(Nc4ccccc4F)nn3)ccc2N1. The number of halogens is 1. The van der Waals surface area contributed by atoms with Crippen LogP contribution >= 0.6 is 0 Å². The van der Waals surface area contributed by atoms with Crippen molar-refractivity contribution in [2.24, 2.45) is 0 Å². The first kappa shape index (κ1) is 17.9. The molecule has 8 nitrogen and oxygen atoms in total. The number of nitrogens with one attached hydrogen (secondary N) is 3. The van der Waals surface area contributed by atoms with Crippen molar-refractivity contribution >= 4 is 38.9 Å². The average Bonchev–Trinajstić information content (AvgIpc) is 3.04. The summed E-state index contributed by atoms with van der Waals surface area (Å²) in [5.74, 6) is -0.357. The van der Waals surface area contributed by atoms with Gasteiger partial charge in [0.05, 0.1) is 17.0 Å². The van der Waals surface area contributed by atoms with E-state index in [4.69, 9.17) is 0 Å². The maximum Gasteiger partial charge on any atom is 0.263 e. The van der Waals surface area contributed by atoms with Crippen molar-refractivity contribution in [3.05, 3.63) is 66.0 Å². The lowest BCUT2D eigenvalue weighted by molar-refractivity contribution is -0.115. The Kier molecular flexibility index (Phi) is 4.40. The van der Waals surface area contributed by atoms with Crippen LogP contribution in [0.25, 0.3) is 0 Å². The van der Waals surface area contributed by atoms with Crippen LogP contribution in [0.15, 0.2) is 59.5 Å². The smallest absolute Gasteiger partial charge is 0.263 e. The van der Waals surface area contributed by atoms with E-state index in [0.717, 1.165) is 0 Å². The van der Waals surface area contributed by atoms with E-state index in [1.54, 1.807) is 24.3 Å². The second-order valence-corrected chi connectivity index (χ2v) is 7.74. The summed E-state index contributed by atoms with van der Waals surface area (Å²) in [5, 5.41) is 13.1. The Morgan fingerprint density at radius 2 is 1.75 bits per heavy atom. The lowest BCUT2D eigenvalue weighted by Crippen LogP contribution is -2.14. The molecule has 1 amide bonds. The van der Waals surface area contributed by atoms with Gasteiger partial charge in [0.2, 0.25) is 5.91 Å². The summed E-state index contributed by atoms with van der Waals surface area (Å²) >= 11 is 0. The molecule has 1 aliphatic heterocycles. The maximum atomic E-state index is 13.7. The number of benzene rings is 2. The molecule has 0 fully saturated rings. The lowest BCUT2D eigenvalue weighted by Gasteiger charge is -2.09. The van der Waals surface area contributed by atoms with Crippen molar-refractivity contribution < 1.29 is 17.6 Å². The number of carbonyl (C=O) groups excluding carboxylic acids is 1. The van der Waals surface area contributed by atoms with Gasteiger partial charge in [-0.15, -0.1) is 10.2 Å². The number of fused-ring (bicyclic) bond motifs is 1. The van der Waals surface area contributed by atoms with Crippen LogP contribution < -0.4 is 15.4 Å². The van der Waals surface area contributed by atoms with Gasteiger partial charge in [-0.25, -0.2) is 12.8 Å². The molecule has 142 valence electrons. The monoisotopic (exact) mass is 399 g/mol. The van der Waals surface area contributed by atoms with E-state index < -0.39 is 15.8 Å². The van der Waals surface area contributed by atoms with Crippen molar-refractivity contribution in [3.63, 3.8) is 0 Å². The van der Waals surface area contributed by atoms with Crippen LogP contribution in [0.3, 0.4) is 0 Å². The van der Waals surface area contributed by atoms with E-state index in [1.165, 1.54) is 30.3 Å². The largest absolute Gasteiger partial charge is 0.336 e. The highest BCUT2D eigenvalue weighted by atomic mass is 32.2. The Bertz CT molecular complexity index is 1170. The standard InChI is InChI=1S/C18H14FN5O3S/c19-13-3-1-2-4-15(13)20-16-7-8-17(23-22-16)24-28(26,27)12-5-6-14-11(9-12)10-18(25)21-14/h1-9H,10H2,(H,20,22)(H,21,25)(H,23,24). The molecule has 10 heteroatoms. The van der Waals surface area contributed by atoms with Gasteiger partial charge in [-0.2, -0.15) is 0 Å². The fourth-order valence-electron chi connectivity index (χ4n) is 2.72. The van der Waals surface area contributed by atoms with E-state index in [0.29, 0.717) is 11.3 Å². The number of anilines is 4. The van der Waals surface area contributed by atoms with Gasteiger partial charge in [-0.05, 0) is 48.0 Å². The van der Waals surface area contributed by atoms with Crippen molar-refractivity contribution in [3.8, 4) is 0 Å². The molecule has 2 aromatic carbocycles. The van der Waals surface area contributed by atoms with Gasteiger partial charge in [0.1, 0.15) is 5.82 Å². The molecule has 0 atom stereocenters. The Labute approximate surface area is 159 Å². The quantitative estimate of drug-likeness (QED) is 0.608. The Balaban J connectivity index is 1.50. The van der Waals surface area contributed by atoms with Crippen molar-refractivity contribution in [2.75, 3.05) is 15.4 Å². The topological polar surface area (TPSA) is 113 Å². The molecule has 3 aromatic rings. The van der Waals surface area contributed by atoms with E-state index in [1.807, 2.05) is 0 Å². The molecule has 0 spiro atoms. The second kappa shape index (κ2) is 6.89. The summed E-state index contributed by atoms with van der Waals surface area (Å²) in [6, 6.07) is 13.3. The highest BCUT2D eigenvalue weighted by Gasteiger charge is 2.22. The molecule has 0 aliphatic carbocycles. The van der Waals surface area contributed by atoms with Crippen LogP contribution in [0.5, 0.6) is 0 Å². The van der Waals surface area contributed by atoms with E-state index in [2.05, 4.69) is 25.6 Å². The number of amides is 1. The number of rotatable bonds is 5. The molecule has 2 heterocycles. The summed E-state index contributed by atoms with van der Waals surface area (Å²) in [4.78, 5) is 11.4. The third-order valence-corrected chi connectivity index (χ3v) is 5.40. The fourth-order valence-corrected chi connectivity index (χ4v) is 3.77. The molecule has 0 saturated carbocycles. The maximum absolute atomic E-state index is 13.7. The number of carbonyl (C=O) groups is 1. The predicted octanol–water partition coefficient (Wildman–Crippen LogP) is 2.65. The van der Waals surface area contributed by atoms with Crippen LogP contribution in [0, 0.1) is 5.82 Å². The first-order valence-electron chi connectivity index (χ1n) is 8.22. The number of para-hydroxylation sites is 1. The highest BCUT2D eigenvalue weighted by Crippen LogP contribution is 2.26. The Morgan fingerprint density at radius 1 is 1.00 bits per heavy atom. The van der Waals surface area contributed by atoms with Crippen molar-refractivity contribution in [1.82, 2.24) is 10.2 Å². The minimum absolute atomic E-state index is 0.00813. The first-order chi connectivity index (χ1) is 13.4. The zero-order valence-electron chi connectivity index (χ0n) is 14.3. The zero-order chi connectivity index (χ0) is 19.7. The van der Waals surface area contributed by atoms with Gasteiger partial charge in [0, 0.05) is 5.69 Å². The molecular formula is C18H14FN5O3S. The minimum Gasteiger partial charge on any atom is -0.336 e. The second-order valence-electron chi connectivity index (χ2n) is 6.06. The molecular weight excluding hydrogens is 385 g/mol. The Morgan fingerprint density at radius 3 is 2.50 bits per heavy atom. The third-order valence-electron chi connectivity index (χ3n) is 4.05. The lowest BCUT2D eigenvalue weighted by atomic mass is 10.2. The first-order valence-corrected chi connectivity index (χ1v) is 9.70. The van der Waals surface area contributed by atoms with Crippen LogP contribution in [-0.2, 0) is 21.2 Å². The molecule has 0 unspecified atom stereocenters. The fraction of sp³-hybridized carbons (Fsp3) is 0.0556. The zero-order valence-corrected chi connectivity index (χ0v) is 15.1. The average molecular weight is 399 g/mol. The molecule has 0 bridgehead atoms. The summed E-state index contributed by atoms with van der Waals surface area (Å²) < 4.78 is 41.1. The number of hydrogen-bond donors (Lipinski definition) is 3. The van der Waals surface area contributed by atoms with Gasteiger partial charge < -0.3 is 10.6 Å². The Hall–Kier alpha value is -3.53. The summed E-state index contributed by atoms with van der Waals surface area (Å²) in [6.45, 7) is 0. The van der Waals surface area contributed by atoms with Crippen molar-refractivity contribution in [1.29, 1.82) is 0 Å². The van der Waals surface area contributed by atoms with E-state index >= 15 is 0 Å². The molecule has 4 rings (SSSR count). The minimum atomic E-state index is -3.90. The van der Waals surface area contributed by atoms with Gasteiger partial charge in [-0.3, -0.25) is 9.52 Å². The van der Waals surface area contributed by atoms with Gasteiger partial charge in [-0.1, -0.05) is 12.1 Å². The van der Waals surface area contributed by atoms with Crippen LogP contribution in [0.1, 0.15) is 5.56 Å². The molecule has 0 radical (unpaired) electrons. The van der Waals surface area contributed by atoms with Crippen LogP contribution in [-0.4, -0.2) is 24.5 Å². The van der Waals surface area contributed by atoms with Gasteiger partial charge in [0.25, 0.3) is 10.0 Å². The number of aromatic nitrogens is 2. The number of hydrogen-bond acceptors (Lipinski definition) is 6. The molecule has 0 saturated heterocycles. The van der Waals surface area contributed by atoms with Crippen LogP contribution in [0.2, 0.25) is 0 Å². The van der Waals surface area contributed by atoms with Gasteiger partial charge in [0.15, 0.2) is 11.6 Å². The normalized spacial score (nSPS) is 13.0. The predicted molar refractivity (Wildman–Crippen MR) is 101 cm³/mol. The van der Waals surface area contributed by atoms with Crippen molar-refractivity contribution in [2.45, 2.75) is 11.3 Å². The summed E-state index contributed by atoms with van der Waals surface area (Å²) in [5.41, 5.74) is 1.45.